The molecule has 0 unspecified atom stereocenters. The molecular formula is C14H16N2O4. The van der Waals surface area contributed by atoms with Crippen molar-refractivity contribution in [2.75, 3.05) is 6.61 Å². The fraction of sp³-hybridized carbons (Fsp3) is 0.286. The quantitative estimate of drug-likeness (QED) is 0.869. The van der Waals surface area contributed by atoms with Crippen molar-refractivity contribution >= 4 is 5.97 Å². The van der Waals surface area contributed by atoms with Crippen LogP contribution in [0, 0.1) is 6.92 Å². The number of carboxylic acids is 1. The van der Waals surface area contributed by atoms with Gasteiger partial charge < -0.3 is 14.9 Å². The minimum atomic E-state index is -1.08. The second-order valence-corrected chi connectivity index (χ2v) is 4.38. The van der Waals surface area contributed by atoms with Crippen LogP contribution in [0.25, 0.3) is 0 Å². The summed E-state index contributed by atoms with van der Waals surface area (Å²) in [7, 11) is 1.63. The van der Waals surface area contributed by atoms with Crippen molar-refractivity contribution in [1.29, 1.82) is 0 Å². The molecule has 0 fully saturated rings. The summed E-state index contributed by atoms with van der Waals surface area (Å²) >= 11 is 0. The van der Waals surface area contributed by atoms with Gasteiger partial charge in [-0.25, -0.2) is 9.48 Å². The third-order valence-corrected chi connectivity index (χ3v) is 2.94. The van der Waals surface area contributed by atoms with E-state index in [2.05, 4.69) is 5.10 Å². The van der Waals surface area contributed by atoms with Gasteiger partial charge in [-0.3, -0.25) is 0 Å². The van der Waals surface area contributed by atoms with Gasteiger partial charge >= 0.3 is 5.97 Å². The summed E-state index contributed by atoms with van der Waals surface area (Å²) in [6, 6.07) is 7.19. The molecule has 2 aromatic rings. The van der Waals surface area contributed by atoms with E-state index in [1.807, 2.05) is 12.1 Å². The van der Waals surface area contributed by atoms with Gasteiger partial charge in [0.1, 0.15) is 11.3 Å². The molecule has 0 radical (unpaired) electrons. The standard InChI is InChI=1S/C14H16N2O4/c1-9-12(14(18)19)13(16(2)15-9)20-11-6-4-3-5-10(11)7-8-17/h3-6,17H,7-8H2,1-2H3,(H,18,19). The van der Waals surface area contributed by atoms with Crippen LogP contribution in [0.15, 0.2) is 24.3 Å². The first-order chi connectivity index (χ1) is 9.54. The van der Waals surface area contributed by atoms with E-state index in [0.717, 1.165) is 5.56 Å². The number of aromatic carboxylic acids is 1. The van der Waals surface area contributed by atoms with E-state index < -0.39 is 5.97 Å². The normalized spacial score (nSPS) is 10.6. The van der Waals surface area contributed by atoms with Crippen LogP contribution in [0.3, 0.4) is 0 Å². The summed E-state index contributed by atoms with van der Waals surface area (Å²) in [5.74, 6) is -0.377. The van der Waals surface area contributed by atoms with Crippen LogP contribution in [0.5, 0.6) is 11.6 Å². The number of hydrogen-bond acceptors (Lipinski definition) is 4. The highest BCUT2D eigenvalue weighted by Crippen LogP contribution is 2.29. The molecule has 0 amide bonds. The highest BCUT2D eigenvalue weighted by molar-refractivity contribution is 5.91. The van der Waals surface area contributed by atoms with E-state index in [-0.39, 0.29) is 18.1 Å². The first-order valence-corrected chi connectivity index (χ1v) is 6.18. The Kier molecular flexibility index (Phi) is 4.05. The Bertz CT molecular complexity index is 634. The van der Waals surface area contributed by atoms with Gasteiger partial charge in [-0.15, -0.1) is 0 Å². The molecular weight excluding hydrogens is 260 g/mol. The number of carbonyl (C=O) groups is 1. The number of aromatic nitrogens is 2. The largest absolute Gasteiger partial charge is 0.477 e. The van der Waals surface area contributed by atoms with E-state index in [0.29, 0.717) is 17.9 Å². The monoisotopic (exact) mass is 276 g/mol. The van der Waals surface area contributed by atoms with Crippen molar-refractivity contribution in [2.24, 2.45) is 7.05 Å². The fourth-order valence-corrected chi connectivity index (χ4v) is 2.03. The summed E-state index contributed by atoms with van der Waals surface area (Å²) in [5, 5.41) is 22.3. The zero-order valence-corrected chi connectivity index (χ0v) is 11.3. The number of aliphatic hydroxyl groups is 1. The highest BCUT2D eigenvalue weighted by atomic mass is 16.5. The van der Waals surface area contributed by atoms with E-state index >= 15 is 0 Å². The van der Waals surface area contributed by atoms with E-state index in [9.17, 15) is 9.90 Å². The van der Waals surface area contributed by atoms with Crippen LogP contribution in [-0.2, 0) is 13.5 Å². The van der Waals surface area contributed by atoms with Gasteiger partial charge in [-0.1, -0.05) is 18.2 Å². The van der Waals surface area contributed by atoms with Crippen LogP contribution < -0.4 is 4.74 Å². The molecule has 0 aliphatic carbocycles. The van der Waals surface area contributed by atoms with Gasteiger partial charge in [0, 0.05) is 13.7 Å². The van der Waals surface area contributed by atoms with Crippen LogP contribution >= 0.6 is 0 Å². The summed E-state index contributed by atoms with van der Waals surface area (Å²) in [4.78, 5) is 11.3. The number of rotatable bonds is 5. The van der Waals surface area contributed by atoms with Crippen molar-refractivity contribution in [3.8, 4) is 11.6 Å². The Hall–Kier alpha value is -2.34. The second-order valence-electron chi connectivity index (χ2n) is 4.38. The molecule has 2 N–H and O–H groups in total. The number of ether oxygens (including phenoxy) is 1. The molecule has 0 aliphatic heterocycles. The van der Waals surface area contributed by atoms with Gasteiger partial charge in [0.25, 0.3) is 0 Å². The van der Waals surface area contributed by atoms with Gasteiger partial charge in [0.05, 0.1) is 5.69 Å². The predicted octanol–water partition coefficient (Wildman–Crippen LogP) is 1.75. The maximum absolute atomic E-state index is 11.3. The predicted molar refractivity (Wildman–Crippen MR) is 72.2 cm³/mol. The molecule has 1 heterocycles. The van der Waals surface area contributed by atoms with Crippen molar-refractivity contribution in [3.05, 3.63) is 41.1 Å². The molecule has 20 heavy (non-hydrogen) atoms. The molecule has 2 rings (SSSR count). The Morgan fingerprint density at radius 2 is 2.10 bits per heavy atom. The van der Waals surface area contributed by atoms with Crippen LogP contribution in [0.1, 0.15) is 21.6 Å². The molecule has 6 heteroatoms. The molecule has 106 valence electrons. The summed E-state index contributed by atoms with van der Waals surface area (Å²) in [5.41, 5.74) is 1.26. The van der Waals surface area contributed by atoms with E-state index in [1.54, 1.807) is 26.1 Å². The Balaban J connectivity index is 2.43. The third-order valence-electron chi connectivity index (χ3n) is 2.94. The molecule has 1 aromatic carbocycles. The lowest BCUT2D eigenvalue weighted by Gasteiger charge is -2.11. The maximum atomic E-state index is 11.3. The molecule has 1 aromatic heterocycles. The number of aryl methyl sites for hydroxylation is 2. The van der Waals surface area contributed by atoms with Crippen LogP contribution in [0.4, 0.5) is 0 Å². The van der Waals surface area contributed by atoms with Crippen LogP contribution in [-0.4, -0.2) is 32.6 Å². The van der Waals surface area contributed by atoms with E-state index in [1.165, 1.54) is 4.68 Å². The van der Waals surface area contributed by atoms with Crippen molar-refractivity contribution in [3.63, 3.8) is 0 Å². The first-order valence-electron chi connectivity index (χ1n) is 6.18. The molecule has 0 bridgehead atoms. The fourth-order valence-electron chi connectivity index (χ4n) is 2.03. The minimum Gasteiger partial charge on any atom is -0.477 e. The first kappa shape index (κ1) is 14.1. The number of para-hydroxylation sites is 1. The summed E-state index contributed by atoms with van der Waals surface area (Å²) in [6.07, 6.45) is 0.440. The average molecular weight is 276 g/mol. The van der Waals surface area contributed by atoms with Crippen molar-refractivity contribution < 1.29 is 19.7 Å². The number of nitrogens with zero attached hydrogens (tertiary/aromatic N) is 2. The number of aliphatic hydroxyl groups excluding tert-OH is 1. The van der Waals surface area contributed by atoms with Gasteiger partial charge in [0.2, 0.25) is 5.88 Å². The second kappa shape index (κ2) is 5.75. The maximum Gasteiger partial charge on any atom is 0.343 e. The molecule has 0 saturated heterocycles. The molecule has 0 aliphatic rings. The SMILES string of the molecule is Cc1nn(C)c(Oc2ccccc2CCO)c1C(=O)O. The lowest BCUT2D eigenvalue weighted by atomic mass is 10.1. The number of benzene rings is 1. The molecule has 0 saturated carbocycles. The smallest absolute Gasteiger partial charge is 0.343 e. The lowest BCUT2D eigenvalue weighted by Crippen LogP contribution is -2.03. The molecule has 6 nitrogen and oxygen atoms in total. The zero-order valence-electron chi connectivity index (χ0n) is 11.3. The Morgan fingerprint density at radius 3 is 2.75 bits per heavy atom. The zero-order chi connectivity index (χ0) is 14.7. The minimum absolute atomic E-state index is 0.00340. The van der Waals surface area contributed by atoms with E-state index in [4.69, 9.17) is 9.84 Å². The average Bonchev–Trinajstić information content (AvgIpc) is 2.67. The number of carboxylic acid groups (broad SMARTS) is 1. The van der Waals surface area contributed by atoms with Gasteiger partial charge in [-0.2, -0.15) is 5.10 Å². The third kappa shape index (κ3) is 2.65. The van der Waals surface area contributed by atoms with Crippen molar-refractivity contribution in [2.45, 2.75) is 13.3 Å². The Labute approximate surface area is 116 Å². The molecule has 0 atom stereocenters. The van der Waals surface area contributed by atoms with Crippen LogP contribution in [0.2, 0.25) is 0 Å². The van der Waals surface area contributed by atoms with Gasteiger partial charge in [-0.05, 0) is 25.0 Å². The summed E-state index contributed by atoms with van der Waals surface area (Å²) < 4.78 is 7.11. The molecule has 0 spiro atoms. The summed E-state index contributed by atoms with van der Waals surface area (Å²) in [6.45, 7) is 1.62. The highest BCUT2D eigenvalue weighted by Gasteiger charge is 2.22. The van der Waals surface area contributed by atoms with Gasteiger partial charge in [0.15, 0.2) is 0 Å². The lowest BCUT2D eigenvalue weighted by molar-refractivity contribution is 0.0693. The number of hydrogen-bond donors (Lipinski definition) is 2. The van der Waals surface area contributed by atoms with Crippen molar-refractivity contribution in [1.82, 2.24) is 9.78 Å². The topological polar surface area (TPSA) is 84.6 Å². The Morgan fingerprint density at radius 1 is 1.40 bits per heavy atom.